The van der Waals surface area contributed by atoms with Gasteiger partial charge in [-0.15, -0.1) is 0 Å². The molecule has 0 spiro atoms. The molecule has 0 aromatic heterocycles. The monoisotopic (exact) mass is 152 g/mol. The maximum atomic E-state index is 8.52. The molecular weight excluding hydrogens is 132 g/mol. The summed E-state index contributed by atoms with van der Waals surface area (Å²) in [5.41, 5.74) is -0.500. The summed E-state index contributed by atoms with van der Waals surface area (Å²) in [5.74, 6) is 0. The molecule has 0 aromatic carbocycles. The Hall–Kier alpha value is -0.120. The molecule has 0 aliphatic carbocycles. The Balaban J connectivity index is -0.0000000910. The Morgan fingerprint density at radius 3 is 1.10 bits per heavy atom. The van der Waals surface area contributed by atoms with E-state index in [4.69, 9.17) is 10.2 Å². The fourth-order valence-corrected chi connectivity index (χ4v) is 0. The summed E-state index contributed by atoms with van der Waals surface area (Å²) in [5, 5.41) is 16.6. The SMILES string of the molecule is CC(C)(C)O.CC(C)O.O. The second kappa shape index (κ2) is 6.99. The van der Waals surface area contributed by atoms with Crippen molar-refractivity contribution in [2.24, 2.45) is 0 Å². The van der Waals surface area contributed by atoms with Gasteiger partial charge in [-0.3, -0.25) is 0 Å². The molecule has 0 heterocycles. The van der Waals surface area contributed by atoms with E-state index in [-0.39, 0.29) is 11.6 Å². The van der Waals surface area contributed by atoms with Crippen LogP contribution in [0.2, 0.25) is 0 Å². The minimum absolute atomic E-state index is 0. The summed E-state index contributed by atoms with van der Waals surface area (Å²) < 4.78 is 0. The lowest BCUT2D eigenvalue weighted by Gasteiger charge is -2.04. The smallest absolute Gasteiger partial charge is 0.0563 e. The van der Waals surface area contributed by atoms with Crippen LogP contribution < -0.4 is 0 Å². The first-order chi connectivity index (χ1) is 3.73. The largest absolute Gasteiger partial charge is 0.412 e. The van der Waals surface area contributed by atoms with Gasteiger partial charge in [0.15, 0.2) is 0 Å². The highest BCUT2D eigenvalue weighted by atomic mass is 16.3. The summed E-state index contributed by atoms with van der Waals surface area (Å²) in [6.07, 6.45) is -0.167. The second-order valence-corrected chi connectivity index (χ2v) is 3.26. The average molecular weight is 152 g/mol. The third-order valence-electron chi connectivity index (χ3n) is 0. The number of rotatable bonds is 0. The second-order valence-electron chi connectivity index (χ2n) is 3.26. The summed E-state index contributed by atoms with van der Waals surface area (Å²) in [6, 6.07) is 0. The predicted octanol–water partition coefficient (Wildman–Crippen LogP) is 0.340. The molecule has 0 saturated carbocycles. The molecule has 0 unspecified atom stereocenters. The van der Waals surface area contributed by atoms with Crippen LogP contribution in [0.1, 0.15) is 34.6 Å². The van der Waals surface area contributed by atoms with Crippen molar-refractivity contribution < 1.29 is 15.7 Å². The van der Waals surface area contributed by atoms with E-state index in [9.17, 15) is 0 Å². The number of aliphatic hydroxyl groups is 2. The topological polar surface area (TPSA) is 72.0 Å². The van der Waals surface area contributed by atoms with Gasteiger partial charge >= 0.3 is 0 Å². The van der Waals surface area contributed by atoms with Gasteiger partial charge in [0.2, 0.25) is 0 Å². The van der Waals surface area contributed by atoms with E-state index in [0.29, 0.717) is 0 Å². The molecule has 0 rings (SSSR count). The average Bonchev–Trinajstić information content (AvgIpc) is 1.19. The van der Waals surface area contributed by atoms with Gasteiger partial charge in [0.05, 0.1) is 5.60 Å². The predicted molar refractivity (Wildman–Crippen MR) is 42.9 cm³/mol. The minimum atomic E-state index is -0.500. The molecule has 66 valence electrons. The summed E-state index contributed by atoms with van der Waals surface area (Å²) in [4.78, 5) is 0. The van der Waals surface area contributed by atoms with E-state index in [1.807, 2.05) is 0 Å². The van der Waals surface area contributed by atoms with Crippen LogP contribution in [-0.2, 0) is 0 Å². The van der Waals surface area contributed by atoms with E-state index >= 15 is 0 Å². The summed E-state index contributed by atoms with van der Waals surface area (Å²) in [6.45, 7) is 8.67. The molecule has 0 amide bonds. The van der Waals surface area contributed by atoms with Crippen molar-refractivity contribution in [2.45, 2.75) is 46.3 Å². The van der Waals surface area contributed by atoms with Crippen LogP contribution >= 0.6 is 0 Å². The Kier molecular flexibility index (Phi) is 11.5. The Morgan fingerprint density at radius 2 is 1.10 bits per heavy atom. The highest BCUT2D eigenvalue weighted by Crippen LogP contribution is 1.93. The van der Waals surface area contributed by atoms with E-state index in [1.165, 1.54) is 0 Å². The molecule has 3 nitrogen and oxygen atoms in total. The Bertz CT molecular complexity index is 45.6. The third-order valence-corrected chi connectivity index (χ3v) is 0. The first kappa shape index (κ1) is 16.5. The molecule has 4 N–H and O–H groups in total. The van der Waals surface area contributed by atoms with E-state index in [1.54, 1.807) is 34.6 Å². The van der Waals surface area contributed by atoms with Crippen LogP contribution in [-0.4, -0.2) is 27.4 Å². The van der Waals surface area contributed by atoms with E-state index in [0.717, 1.165) is 0 Å². The van der Waals surface area contributed by atoms with Gasteiger partial charge in [0.1, 0.15) is 0 Å². The van der Waals surface area contributed by atoms with Gasteiger partial charge in [-0.1, -0.05) is 0 Å². The van der Waals surface area contributed by atoms with E-state index < -0.39 is 5.60 Å². The van der Waals surface area contributed by atoms with Gasteiger partial charge in [0.25, 0.3) is 0 Å². The zero-order valence-corrected chi connectivity index (χ0v) is 7.47. The van der Waals surface area contributed by atoms with Crippen LogP contribution in [0.15, 0.2) is 0 Å². The van der Waals surface area contributed by atoms with Crippen LogP contribution in [0.5, 0.6) is 0 Å². The summed E-state index contributed by atoms with van der Waals surface area (Å²) >= 11 is 0. The highest BCUT2D eigenvalue weighted by molar-refractivity contribution is 4.50. The lowest BCUT2D eigenvalue weighted by atomic mass is 10.2. The highest BCUT2D eigenvalue weighted by Gasteiger charge is 1.97. The molecule has 0 aromatic rings. The van der Waals surface area contributed by atoms with Crippen LogP contribution in [0.25, 0.3) is 0 Å². The quantitative estimate of drug-likeness (QED) is 0.525. The standard InChI is InChI=1S/C4H10O.C3H8O.H2O/c1-4(2,3)5;1-3(2)4;/h5H,1-3H3;3-4H,1-2H3;1H2. The molecule has 0 aliphatic heterocycles. The number of hydrogen-bond acceptors (Lipinski definition) is 2. The molecule has 0 aliphatic rings. The first-order valence-electron chi connectivity index (χ1n) is 3.14. The molecule has 3 heteroatoms. The molecular formula is C7H20O3. The molecule has 0 radical (unpaired) electrons. The fraction of sp³-hybridized carbons (Fsp3) is 1.00. The molecule has 0 bridgehead atoms. The van der Waals surface area contributed by atoms with Gasteiger partial charge < -0.3 is 15.7 Å². The molecule has 0 atom stereocenters. The zero-order chi connectivity index (χ0) is 8.08. The first-order valence-corrected chi connectivity index (χ1v) is 3.14. The third kappa shape index (κ3) is 25900. The Labute approximate surface area is 63.0 Å². The van der Waals surface area contributed by atoms with Gasteiger partial charge in [-0.25, -0.2) is 0 Å². The van der Waals surface area contributed by atoms with Crippen molar-refractivity contribution in [1.29, 1.82) is 0 Å². The van der Waals surface area contributed by atoms with Crippen LogP contribution in [0, 0.1) is 0 Å². The van der Waals surface area contributed by atoms with Crippen molar-refractivity contribution >= 4 is 0 Å². The molecule has 0 saturated heterocycles. The lowest BCUT2D eigenvalue weighted by Crippen LogP contribution is -2.10. The van der Waals surface area contributed by atoms with Crippen molar-refractivity contribution in [2.75, 3.05) is 0 Å². The Morgan fingerprint density at radius 1 is 1.10 bits per heavy atom. The van der Waals surface area contributed by atoms with Crippen molar-refractivity contribution in [3.8, 4) is 0 Å². The van der Waals surface area contributed by atoms with Crippen LogP contribution in [0.4, 0.5) is 0 Å². The lowest BCUT2D eigenvalue weighted by molar-refractivity contribution is 0.102. The van der Waals surface area contributed by atoms with Crippen molar-refractivity contribution in [3.63, 3.8) is 0 Å². The zero-order valence-electron chi connectivity index (χ0n) is 7.47. The number of hydrogen-bond donors (Lipinski definition) is 2. The maximum absolute atomic E-state index is 8.52. The summed E-state index contributed by atoms with van der Waals surface area (Å²) in [7, 11) is 0. The van der Waals surface area contributed by atoms with Crippen molar-refractivity contribution in [1.82, 2.24) is 0 Å². The van der Waals surface area contributed by atoms with Gasteiger partial charge in [0, 0.05) is 6.10 Å². The van der Waals surface area contributed by atoms with Crippen molar-refractivity contribution in [3.05, 3.63) is 0 Å². The van der Waals surface area contributed by atoms with E-state index in [2.05, 4.69) is 0 Å². The van der Waals surface area contributed by atoms with Crippen LogP contribution in [0.3, 0.4) is 0 Å². The fourth-order valence-electron chi connectivity index (χ4n) is 0. The van der Waals surface area contributed by atoms with Gasteiger partial charge in [-0.2, -0.15) is 0 Å². The number of aliphatic hydroxyl groups excluding tert-OH is 1. The minimum Gasteiger partial charge on any atom is -0.412 e. The molecule has 10 heavy (non-hydrogen) atoms. The van der Waals surface area contributed by atoms with Gasteiger partial charge in [-0.05, 0) is 34.6 Å². The normalized spacial score (nSPS) is 9.60. The molecule has 0 fully saturated rings. The maximum Gasteiger partial charge on any atom is 0.0563 e.